The fourth-order valence-electron chi connectivity index (χ4n) is 6.13. The number of piperidine rings is 1. The third-order valence-corrected chi connectivity index (χ3v) is 7.68. The molecule has 0 bridgehead atoms. The first-order valence-corrected chi connectivity index (χ1v) is 11.4. The number of likely N-dealkylation sites (tertiary alicyclic amines) is 2. The van der Waals surface area contributed by atoms with E-state index in [-0.39, 0.29) is 5.91 Å². The highest BCUT2D eigenvalue weighted by Crippen LogP contribution is 2.59. The summed E-state index contributed by atoms with van der Waals surface area (Å²) < 4.78 is 5.21. The summed E-state index contributed by atoms with van der Waals surface area (Å²) in [6.07, 6.45) is 7.65. The normalized spacial score (nSPS) is 24.0. The Bertz CT molecular complexity index is 866. The Morgan fingerprint density at radius 1 is 0.967 bits per heavy atom. The number of hydrogen-bond donors (Lipinski definition) is 0. The molecule has 5 rings (SSSR count). The molecular weight excluding hydrogens is 372 g/mol. The Balaban J connectivity index is 1.25. The number of carbonyl (C=O) groups excluding carboxylic acids is 1. The van der Waals surface area contributed by atoms with Crippen LogP contribution in [0.1, 0.15) is 60.5 Å². The van der Waals surface area contributed by atoms with Gasteiger partial charge in [-0.2, -0.15) is 0 Å². The average Bonchev–Trinajstić information content (AvgIpc) is 3.30. The first kappa shape index (κ1) is 19.6. The molecule has 158 valence electrons. The van der Waals surface area contributed by atoms with Crippen LogP contribution in [0.3, 0.4) is 0 Å². The average molecular weight is 405 g/mol. The van der Waals surface area contributed by atoms with E-state index in [0.29, 0.717) is 17.5 Å². The second kappa shape index (κ2) is 8.07. The van der Waals surface area contributed by atoms with Gasteiger partial charge < -0.3 is 9.64 Å². The molecule has 3 fully saturated rings. The summed E-state index contributed by atoms with van der Waals surface area (Å²) >= 11 is 0. The van der Waals surface area contributed by atoms with Crippen molar-refractivity contribution in [3.8, 4) is 5.75 Å². The maximum Gasteiger partial charge on any atom is 0.253 e. The number of benzene rings is 2. The summed E-state index contributed by atoms with van der Waals surface area (Å²) in [5.74, 6) is 0.933. The van der Waals surface area contributed by atoms with Crippen molar-refractivity contribution in [1.29, 1.82) is 0 Å². The van der Waals surface area contributed by atoms with Gasteiger partial charge >= 0.3 is 0 Å². The van der Waals surface area contributed by atoms with Gasteiger partial charge in [0, 0.05) is 42.7 Å². The predicted octanol–water partition coefficient (Wildman–Crippen LogP) is 4.92. The van der Waals surface area contributed by atoms with Crippen molar-refractivity contribution in [1.82, 2.24) is 9.80 Å². The van der Waals surface area contributed by atoms with Crippen molar-refractivity contribution >= 4 is 5.91 Å². The molecule has 2 aromatic carbocycles. The van der Waals surface area contributed by atoms with E-state index in [1.807, 2.05) is 29.2 Å². The van der Waals surface area contributed by atoms with Crippen LogP contribution in [0.15, 0.2) is 54.6 Å². The highest BCUT2D eigenvalue weighted by molar-refractivity contribution is 5.94. The summed E-state index contributed by atoms with van der Waals surface area (Å²) in [5.41, 5.74) is 2.74. The first-order valence-electron chi connectivity index (χ1n) is 11.4. The lowest BCUT2D eigenvalue weighted by Gasteiger charge is -2.60. The Kier molecular flexibility index (Phi) is 5.28. The molecule has 1 atom stereocenters. The molecule has 4 nitrogen and oxygen atoms in total. The minimum absolute atomic E-state index is 0.145. The van der Waals surface area contributed by atoms with Crippen LogP contribution in [-0.4, -0.2) is 48.5 Å². The van der Waals surface area contributed by atoms with Gasteiger partial charge in [0.15, 0.2) is 0 Å². The maximum absolute atomic E-state index is 12.9. The van der Waals surface area contributed by atoms with Crippen LogP contribution in [-0.2, 0) is 0 Å². The molecule has 1 amide bonds. The van der Waals surface area contributed by atoms with Gasteiger partial charge in [0.2, 0.25) is 0 Å². The van der Waals surface area contributed by atoms with Gasteiger partial charge in [-0.1, -0.05) is 43.2 Å². The third kappa shape index (κ3) is 3.41. The molecule has 0 aromatic heterocycles. The van der Waals surface area contributed by atoms with Gasteiger partial charge in [0.05, 0.1) is 7.11 Å². The molecule has 3 aliphatic rings. The highest BCUT2D eigenvalue weighted by Gasteiger charge is 2.55. The molecule has 4 heteroatoms. The van der Waals surface area contributed by atoms with Gasteiger partial charge in [-0.25, -0.2) is 0 Å². The number of ether oxygens (including phenoxy) is 1. The lowest BCUT2D eigenvalue weighted by molar-refractivity contribution is -0.111. The lowest BCUT2D eigenvalue weighted by Crippen LogP contribution is -2.62. The second-order valence-corrected chi connectivity index (χ2v) is 9.31. The SMILES string of the molecule is COc1ccc(C(=O)N2CCC(N3CC4(CCCC4)C3c3ccccc3)CC2)cc1. The highest BCUT2D eigenvalue weighted by atomic mass is 16.5. The predicted molar refractivity (Wildman–Crippen MR) is 119 cm³/mol. The summed E-state index contributed by atoms with van der Waals surface area (Å²) in [5, 5.41) is 0. The molecule has 1 aliphatic carbocycles. The molecule has 2 heterocycles. The van der Waals surface area contributed by atoms with Crippen LogP contribution in [0.25, 0.3) is 0 Å². The molecule has 2 aliphatic heterocycles. The standard InChI is InChI=1S/C26H32N2O2/c1-30-23-11-9-21(10-12-23)25(29)27-17-13-22(14-18-27)28-19-26(15-5-6-16-26)24(28)20-7-3-2-4-8-20/h2-4,7-12,22,24H,5-6,13-19H2,1H3. The molecule has 1 unspecified atom stereocenters. The Hall–Kier alpha value is -2.33. The van der Waals surface area contributed by atoms with Crippen LogP contribution >= 0.6 is 0 Å². The van der Waals surface area contributed by atoms with E-state index in [0.717, 1.165) is 37.2 Å². The summed E-state index contributed by atoms with van der Waals surface area (Å²) in [7, 11) is 1.65. The number of carbonyl (C=O) groups is 1. The number of methoxy groups -OCH3 is 1. The van der Waals surface area contributed by atoms with E-state index in [9.17, 15) is 4.79 Å². The molecule has 1 saturated carbocycles. The van der Waals surface area contributed by atoms with Gasteiger partial charge in [0.1, 0.15) is 5.75 Å². The zero-order valence-electron chi connectivity index (χ0n) is 17.9. The quantitative estimate of drug-likeness (QED) is 0.725. The van der Waals surface area contributed by atoms with Crippen LogP contribution < -0.4 is 4.74 Å². The monoisotopic (exact) mass is 404 g/mol. The zero-order valence-corrected chi connectivity index (χ0v) is 17.9. The Morgan fingerprint density at radius 2 is 1.63 bits per heavy atom. The smallest absolute Gasteiger partial charge is 0.253 e. The van der Waals surface area contributed by atoms with Gasteiger partial charge in [0.25, 0.3) is 5.91 Å². The van der Waals surface area contributed by atoms with Crippen molar-refractivity contribution < 1.29 is 9.53 Å². The number of rotatable bonds is 4. The number of nitrogens with zero attached hydrogens (tertiary/aromatic N) is 2. The fraction of sp³-hybridized carbons (Fsp3) is 0.500. The summed E-state index contributed by atoms with van der Waals surface area (Å²) in [6, 6.07) is 19.8. The molecule has 2 aromatic rings. The zero-order chi connectivity index (χ0) is 20.6. The van der Waals surface area contributed by atoms with Crippen LogP contribution in [0.4, 0.5) is 0 Å². The maximum atomic E-state index is 12.9. The minimum Gasteiger partial charge on any atom is -0.497 e. The second-order valence-electron chi connectivity index (χ2n) is 9.31. The van der Waals surface area contributed by atoms with E-state index in [4.69, 9.17) is 4.74 Å². The van der Waals surface area contributed by atoms with E-state index < -0.39 is 0 Å². The molecule has 1 spiro atoms. The summed E-state index contributed by atoms with van der Waals surface area (Å²) in [4.78, 5) is 17.7. The number of hydrogen-bond acceptors (Lipinski definition) is 3. The van der Waals surface area contributed by atoms with Crippen LogP contribution in [0.5, 0.6) is 5.75 Å². The van der Waals surface area contributed by atoms with Gasteiger partial charge in [-0.3, -0.25) is 9.69 Å². The van der Waals surface area contributed by atoms with Crippen molar-refractivity contribution in [2.75, 3.05) is 26.7 Å². The topological polar surface area (TPSA) is 32.8 Å². The molecule has 0 radical (unpaired) electrons. The van der Waals surface area contributed by atoms with E-state index >= 15 is 0 Å². The van der Waals surface area contributed by atoms with Crippen molar-refractivity contribution in [2.45, 2.75) is 50.6 Å². The van der Waals surface area contributed by atoms with E-state index in [1.54, 1.807) is 7.11 Å². The molecule has 0 N–H and O–H groups in total. The van der Waals surface area contributed by atoms with Crippen molar-refractivity contribution in [3.63, 3.8) is 0 Å². The van der Waals surface area contributed by atoms with Crippen molar-refractivity contribution in [2.24, 2.45) is 5.41 Å². The Morgan fingerprint density at radius 3 is 2.27 bits per heavy atom. The molecule has 30 heavy (non-hydrogen) atoms. The number of amides is 1. The third-order valence-electron chi connectivity index (χ3n) is 7.68. The van der Waals surface area contributed by atoms with Crippen LogP contribution in [0.2, 0.25) is 0 Å². The summed E-state index contributed by atoms with van der Waals surface area (Å²) in [6.45, 7) is 2.94. The fourth-order valence-corrected chi connectivity index (χ4v) is 6.13. The minimum atomic E-state index is 0.145. The van der Waals surface area contributed by atoms with E-state index in [2.05, 4.69) is 35.2 Å². The van der Waals surface area contributed by atoms with E-state index in [1.165, 1.54) is 37.8 Å². The molecule has 2 saturated heterocycles. The first-order chi connectivity index (χ1) is 14.7. The van der Waals surface area contributed by atoms with Crippen molar-refractivity contribution in [3.05, 3.63) is 65.7 Å². The molecular formula is C26H32N2O2. The van der Waals surface area contributed by atoms with Crippen LogP contribution in [0, 0.1) is 5.41 Å². The van der Waals surface area contributed by atoms with Gasteiger partial charge in [-0.15, -0.1) is 0 Å². The largest absolute Gasteiger partial charge is 0.497 e. The Labute approximate surface area is 179 Å². The lowest BCUT2D eigenvalue weighted by atomic mass is 9.66. The van der Waals surface area contributed by atoms with Gasteiger partial charge in [-0.05, 0) is 55.5 Å².